The number of imidazole rings is 1. The molecule has 3 nitrogen and oxygen atoms in total. The van der Waals surface area contributed by atoms with E-state index in [-0.39, 0.29) is 0 Å². The Morgan fingerprint density at radius 3 is 1.95 bits per heavy atom. The van der Waals surface area contributed by atoms with Crippen LogP contribution in [0.2, 0.25) is 13.3 Å². The van der Waals surface area contributed by atoms with E-state index in [1.807, 2.05) is 0 Å². The van der Waals surface area contributed by atoms with E-state index in [0.29, 0.717) is 6.61 Å². The molecule has 0 aliphatic carbocycles. The summed E-state index contributed by atoms with van der Waals surface area (Å²) in [5, 5.41) is 0. The monoisotopic (exact) mass is 432 g/mol. The molecular weight excluding hydrogens is 395 g/mol. The zero-order valence-electron chi connectivity index (χ0n) is 15.5. The van der Waals surface area contributed by atoms with E-state index < -0.39 is 18.4 Å². The van der Waals surface area contributed by atoms with Crippen molar-refractivity contribution in [2.24, 2.45) is 7.05 Å². The van der Waals surface area contributed by atoms with Crippen molar-refractivity contribution in [3.63, 3.8) is 0 Å². The van der Waals surface area contributed by atoms with E-state index in [2.05, 4.69) is 38.6 Å². The Morgan fingerprint density at radius 1 is 1.05 bits per heavy atom. The van der Waals surface area contributed by atoms with E-state index in [1.54, 1.807) is 0 Å². The Balaban J connectivity index is 3.10. The zero-order valence-corrected chi connectivity index (χ0v) is 20.3. The fourth-order valence-corrected chi connectivity index (χ4v) is 19.1. The number of nitrogens with zero attached hydrogens (tertiary/aromatic N) is 2. The van der Waals surface area contributed by atoms with Crippen LogP contribution in [0.15, 0.2) is 6.20 Å². The van der Waals surface area contributed by atoms with Gasteiger partial charge in [0.1, 0.15) is 0 Å². The topological polar surface area (TPSA) is 27.1 Å². The fourth-order valence-electron chi connectivity index (χ4n) is 3.33. The summed E-state index contributed by atoms with van der Waals surface area (Å²) in [6.07, 6.45) is 10.5. The number of rotatable bonds is 12. The van der Waals surface area contributed by atoms with Gasteiger partial charge in [-0.25, -0.2) is 0 Å². The molecule has 22 heavy (non-hydrogen) atoms. The van der Waals surface area contributed by atoms with Gasteiger partial charge in [-0.2, -0.15) is 0 Å². The van der Waals surface area contributed by atoms with Gasteiger partial charge in [0.15, 0.2) is 0 Å². The van der Waals surface area contributed by atoms with Crippen molar-refractivity contribution in [2.45, 2.75) is 79.2 Å². The van der Waals surface area contributed by atoms with Crippen LogP contribution in [-0.4, -0.2) is 38.4 Å². The molecule has 0 saturated carbocycles. The van der Waals surface area contributed by atoms with Crippen LogP contribution in [0.5, 0.6) is 0 Å². The molecule has 1 heterocycles. The summed E-state index contributed by atoms with van der Waals surface area (Å²) < 4.78 is 13.7. The van der Waals surface area contributed by atoms with Crippen molar-refractivity contribution in [3.8, 4) is 0 Å². The van der Waals surface area contributed by atoms with E-state index >= 15 is 0 Å². The Kier molecular flexibility index (Phi) is 9.99. The molecule has 0 aliphatic rings. The molecule has 0 unspecified atom stereocenters. The van der Waals surface area contributed by atoms with Crippen molar-refractivity contribution in [1.82, 2.24) is 9.55 Å². The maximum atomic E-state index is 5.46. The van der Waals surface area contributed by atoms with Crippen molar-refractivity contribution in [1.29, 1.82) is 0 Å². The quantitative estimate of drug-likeness (QED) is 0.475. The zero-order chi connectivity index (χ0) is 16.4. The molecule has 0 N–H and O–H groups in total. The Bertz CT molecular complexity index is 401. The number of hydrogen-bond donors (Lipinski definition) is 0. The minimum absolute atomic E-state index is 0.694. The number of aromatic nitrogens is 2. The van der Waals surface area contributed by atoms with E-state index in [0.717, 1.165) is 16.3 Å². The second kappa shape index (κ2) is 10.9. The SMILES string of the molecule is CCC[CH2][Sn]([CH2]CCC)([CH2]CCC)[c]1cn(C)c(CO[SiH3])n1. The second-order valence-corrected chi connectivity index (χ2v) is 20.3. The molecule has 128 valence electrons. The van der Waals surface area contributed by atoms with Gasteiger partial charge in [-0.1, -0.05) is 0 Å². The van der Waals surface area contributed by atoms with Crippen LogP contribution in [0.1, 0.15) is 65.1 Å². The minimum atomic E-state index is -2.34. The number of aryl methyl sites for hydroxylation is 1. The van der Waals surface area contributed by atoms with Crippen LogP contribution < -0.4 is 3.71 Å². The predicted molar refractivity (Wildman–Crippen MR) is 102 cm³/mol. The third-order valence-corrected chi connectivity index (χ3v) is 20.1. The fraction of sp³-hybridized carbons (Fsp3) is 0.824. The first-order valence-corrected chi connectivity index (χ1v) is 17.4. The molecule has 0 atom stereocenters. The van der Waals surface area contributed by atoms with Gasteiger partial charge in [0.05, 0.1) is 0 Å². The van der Waals surface area contributed by atoms with Gasteiger partial charge in [0.25, 0.3) is 0 Å². The Hall–Kier alpha value is 0.186. The summed E-state index contributed by atoms with van der Waals surface area (Å²) in [5.41, 5.74) is 0. The van der Waals surface area contributed by atoms with Crippen LogP contribution in [0.3, 0.4) is 0 Å². The van der Waals surface area contributed by atoms with Crippen LogP contribution in [0.4, 0.5) is 0 Å². The summed E-state index contributed by atoms with van der Waals surface area (Å²) in [4.78, 5) is 5.08. The Morgan fingerprint density at radius 2 is 1.55 bits per heavy atom. The molecule has 1 rings (SSSR count). The molecule has 0 amide bonds. The molecule has 0 saturated heterocycles. The maximum absolute atomic E-state index is 5.46. The van der Waals surface area contributed by atoms with Gasteiger partial charge in [-0.05, 0) is 0 Å². The molecule has 0 bridgehead atoms. The molecule has 0 aromatic carbocycles. The molecular formula is C17H36N2OSiSn. The molecule has 1 aromatic rings. The molecule has 0 radical (unpaired) electrons. The molecule has 5 heteroatoms. The predicted octanol–water partition coefficient (Wildman–Crippen LogP) is 3.27. The van der Waals surface area contributed by atoms with E-state index in [4.69, 9.17) is 9.41 Å². The molecule has 0 fully saturated rings. The van der Waals surface area contributed by atoms with Gasteiger partial charge >= 0.3 is 145 Å². The summed E-state index contributed by atoms with van der Waals surface area (Å²) >= 11 is -2.34. The average Bonchev–Trinajstić information content (AvgIpc) is 2.89. The van der Waals surface area contributed by atoms with E-state index in [9.17, 15) is 0 Å². The first-order chi connectivity index (χ1) is 10.6. The first kappa shape index (κ1) is 20.2. The van der Waals surface area contributed by atoms with Gasteiger partial charge in [0, 0.05) is 0 Å². The third-order valence-electron chi connectivity index (χ3n) is 4.82. The standard InChI is InChI=1S/C5H9N2OSi.3C4H9.Sn/c1-7-3-2-6-5(7)4-8-9;3*1-3-4-2;/h3H,4H2,1,9H3;3*1,3-4H2,2H3;. The van der Waals surface area contributed by atoms with E-state index in [1.165, 1.54) is 55.5 Å². The molecule has 0 aliphatic heterocycles. The summed E-state index contributed by atoms with van der Waals surface area (Å²) in [6.45, 7) is 7.68. The third kappa shape index (κ3) is 5.67. The number of unbranched alkanes of at least 4 members (excludes halogenated alkanes) is 3. The summed E-state index contributed by atoms with van der Waals surface area (Å²) in [6, 6.07) is 0. The average molecular weight is 431 g/mol. The van der Waals surface area contributed by atoms with Crippen LogP contribution in [0.25, 0.3) is 0 Å². The van der Waals surface area contributed by atoms with Crippen molar-refractivity contribution >= 4 is 32.6 Å². The number of hydrogen-bond acceptors (Lipinski definition) is 2. The Labute approximate surface area is 144 Å². The summed E-state index contributed by atoms with van der Waals surface area (Å²) in [5.74, 6) is 1.13. The first-order valence-electron chi connectivity index (χ1n) is 9.15. The normalized spacial score (nSPS) is 12.2. The van der Waals surface area contributed by atoms with Crippen molar-refractivity contribution < 1.29 is 4.43 Å². The molecule has 0 spiro atoms. The van der Waals surface area contributed by atoms with Gasteiger partial charge in [-0.3, -0.25) is 0 Å². The second-order valence-electron chi connectivity index (χ2n) is 6.68. The van der Waals surface area contributed by atoms with Crippen molar-refractivity contribution in [3.05, 3.63) is 12.0 Å². The van der Waals surface area contributed by atoms with Crippen LogP contribution in [0, 0.1) is 0 Å². The van der Waals surface area contributed by atoms with Crippen LogP contribution >= 0.6 is 0 Å². The van der Waals surface area contributed by atoms with Crippen molar-refractivity contribution in [2.75, 3.05) is 0 Å². The van der Waals surface area contributed by atoms with Gasteiger partial charge in [0.2, 0.25) is 0 Å². The van der Waals surface area contributed by atoms with Crippen LogP contribution in [-0.2, 0) is 18.1 Å². The van der Waals surface area contributed by atoms with Gasteiger partial charge in [-0.15, -0.1) is 0 Å². The van der Waals surface area contributed by atoms with Gasteiger partial charge < -0.3 is 0 Å². The summed E-state index contributed by atoms with van der Waals surface area (Å²) in [7, 11) is 2.93. The molecule has 1 aromatic heterocycles.